The Bertz CT molecular complexity index is 1370. The monoisotopic (exact) mass is 441 g/mol. The van der Waals surface area contributed by atoms with Crippen LogP contribution < -0.4 is 5.73 Å². The minimum atomic E-state index is -0.0970. The summed E-state index contributed by atoms with van der Waals surface area (Å²) in [6, 6.07) is 4.04. The first-order valence-electron chi connectivity index (χ1n) is 10.7. The number of carbonyl (C=O) groups is 1. The number of aromatic nitrogens is 8. The molecule has 2 aliphatic rings. The third kappa shape index (κ3) is 3.08. The van der Waals surface area contributed by atoms with Crippen LogP contribution in [0.3, 0.4) is 0 Å². The van der Waals surface area contributed by atoms with Crippen molar-refractivity contribution in [3.05, 3.63) is 48.3 Å². The fourth-order valence-corrected chi connectivity index (χ4v) is 5.13. The fourth-order valence-electron chi connectivity index (χ4n) is 5.13. The molecule has 0 aliphatic carbocycles. The van der Waals surface area contributed by atoms with Gasteiger partial charge in [-0.3, -0.25) is 4.79 Å². The van der Waals surface area contributed by atoms with Crippen molar-refractivity contribution in [2.45, 2.75) is 43.7 Å². The van der Waals surface area contributed by atoms with E-state index in [2.05, 4.69) is 30.2 Å². The molecule has 0 spiro atoms. The molecule has 4 aromatic rings. The molecular weight excluding hydrogens is 422 g/mol. The lowest BCUT2D eigenvalue weighted by atomic mass is 9.87. The minimum absolute atomic E-state index is 0.0970. The van der Waals surface area contributed by atoms with Crippen LogP contribution in [-0.2, 0) is 0 Å². The van der Waals surface area contributed by atoms with Crippen molar-refractivity contribution in [3.8, 4) is 17.2 Å². The average Bonchev–Trinajstić information content (AvgIpc) is 3.57. The second kappa shape index (κ2) is 7.33. The Morgan fingerprint density at radius 1 is 1.18 bits per heavy atom. The van der Waals surface area contributed by atoms with Gasteiger partial charge in [-0.25, -0.2) is 15.0 Å². The van der Waals surface area contributed by atoms with Crippen LogP contribution in [0.2, 0.25) is 0 Å². The van der Waals surface area contributed by atoms with Crippen molar-refractivity contribution >= 4 is 17.4 Å². The van der Waals surface area contributed by atoms with Crippen LogP contribution in [0.25, 0.3) is 16.8 Å². The number of nitrogen functional groups attached to an aromatic ring is 1. The molecule has 6 heterocycles. The molecule has 33 heavy (non-hydrogen) atoms. The lowest BCUT2D eigenvalue weighted by Crippen LogP contribution is -2.46. The SMILES string of the molecule is N#Cc1ncc(-c2cnn3c(N)cc([C@@H]4C[C@H]5CC[C@@H](C4)N5C(=O)c4nnc[nH]4)nc23)cn1. The number of hydrogen-bond acceptors (Lipinski definition) is 9. The quantitative estimate of drug-likeness (QED) is 0.476. The predicted molar refractivity (Wildman–Crippen MR) is 114 cm³/mol. The van der Waals surface area contributed by atoms with Crippen LogP contribution in [0.5, 0.6) is 0 Å². The van der Waals surface area contributed by atoms with E-state index in [-0.39, 0.29) is 35.6 Å². The van der Waals surface area contributed by atoms with E-state index < -0.39 is 0 Å². The highest BCUT2D eigenvalue weighted by Gasteiger charge is 2.45. The lowest BCUT2D eigenvalue weighted by Gasteiger charge is -2.38. The van der Waals surface area contributed by atoms with E-state index in [0.29, 0.717) is 17.0 Å². The number of nitrogens with two attached hydrogens (primary N) is 1. The molecule has 0 unspecified atom stereocenters. The first-order valence-corrected chi connectivity index (χ1v) is 10.7. The van der Waals surface area contributed by atoms with Crippen LogP contribution in [0, 0.1) is 11.3 Å². The summed E-state index contributed by atoms with van der Waals surface area (Å²) in [5, 5.41) is 20.9. The van der Waals surface area contributed by atoms with Gasteiger partial charge in [0.15, 0.2) is 5.65 Å². The molecular formula is C21H19N11O. The van der Waals surface area contributed by atoms with Gasteiger partial charge in [0.05, 0.1) is 6.20 Å². The Hall–Kier alpha value is -4.40. The van der Waals surface area contributed by atoms with Crippen LogP contribution in [0.4, 0.5) is 5.82 Å². The van der Waals surface area contributed by atoms with Crippen LogP contribution >= 0.6 is 0 Å². The zero-order valence-electron chi connectivity index (χ0n) is 17.5. The van der Waals surface area contributed by atoms with E-state index in [9.17, 15) is 4.79 Å². The van der Waals surface area contributed by atoms with Gasteiger partial charge in [-0.2, -0.15) is 14.9 Å². The summed E-state index contributed by atoms with van der Waals surface area (Å²) in [5.41, 5.74) is 9.29. The van der Waals surface area contributed by atoms with Gasteiger partial charge in [0.2, 0.25) is 11.6 Å². The summed E-state index contributed by atoms with van der Waals surface area (Å²) in [7, 11) is 0. The molecule has 12 heteroatoms. The number of nitriles is 1. The molecule has 1 amide bonds. The summed E-state index contributed by atoms with van der Waals surface area (Å²) in [6.07, 6.45) is 9.80. The first kappa shape index (κ1) is 19.3. The summed E-state index contributed by atoms with van der Waals surface area (Å²) in [4.78, 5) is 30.7. The second-order valence-corrected chi connectivity index (χ2v) is 8.41. The normalized spacial score (nSPS) is 21.9. The van der Waals surface area contributed by atoms with Gasteiger partial charge in [0.25, 0.3) is 5.91 Å². The number of hydrogen-bond donors (Lipinski definition) is 2. The Morgan fingerprint density at radius 3 is 2.61 bits per heavy atom. The highest BCUT2D eigenvalue weighted by atomic mass is 16.2. The molecule has 2 bridgehead atoms. The Morgan fingerprint density at radius 2 is 1.94 bits per heavy atom. The molecule has 6 rings (SSSR count). The lowest BCUT2D eigenvalue weighted by molar-refractivity contribution is 0.0557. The number of anilines is 1. The van der Waals surface area contributed by atoms with Crippen molar-refractivity contribution in [3.63, 3.8) is 0 Å². The van der Waals surface area contributed by atoms with Crippen LogP contribution in [0.1, 0.15) is 53.7 Å². The Labute approximate surface area is 187 Å². The van der Waals surface area contributed by atoms with Gasteiger partial charge >= 0.3 is 0 Å². The summed E-state index contributed by atoms with van der Waals surface area (Å²) in [6.45, 7) is 0. The van der Waals surface area contributed by atoms with Crippen LogP contribution in [0.15, 0.2) is 31.0 Å². The molecule has 0 aromatic carbocycles. The average molecular weight is 441 g/mol. The number of rotatable bonds is 3. The third-order valence-electron chi connectivity index (χ3n) is 6.59. The molecule has 164 valence electrons. The molecule has 2 fully saturated rings. The van der Waals surface area contributed by atoms with Crippen molar-refractivity contribution in [2.24, 2.45) is 0 Å². The van der Waals surface area contributed by atoms with E-state index in [0.717, 1.165) is 36.9 Å². The zero-order valence-corrected chi connectivity index (χ0v) is 17.5. The predicted octanol–water partition coefficient (Wildman–Crippen LogP) is 1.31. The van der Waals surface area contributed by atoms with E-state index in [4.69, 9.17) is 16.0 Å². The summed E-state index contributed by atoms with van der Waals surface area (Å²) in [5.74, 6) is 0.949. The van der Waals surface area contributed by atoms with E-state index in [1.807, 2.05) is 17.0 Å². The summed E-state index contributed by atoms with van der Waals surface area (Å²) < 4.78 is 1.59. The molecule has 2 aliphatic heterocycles. The van der Waals surface area contributed by atoms with Crippen molar-refractivity contribution in [1.82, 2.24) is 44.6 Å². The Kier molecular flexibility index (Phi) is 4.29. The van der Waals surface area contributed by atoms with Crippen molar-refractivity contribution < 1.29 is 4.79 Å². The number of aromatic amines is 1. The smallest absolute Gasteiger partial charge is 0.292 e. The largest absolute Gasteiger partial charge is 0.384 e. The van der Waals surface area contributed by atoms with E-state index >= 15 is 0 Å². The molecule has 12 nitrogen and oxygen atoms in total. The number of nitrogens with one attached hydrogen (secondary N) is 1. The van der Waals surface area contributed by atoms with Gasteiger partial charge < -0.3 is 15.6 Å². The standard InChI is InChI=1S/C21H19N11O/c22-6-18-24-7-12(8-25-18)15-9-28-32-17(23)5-16(29-20(15)32)11-3-13-1-2-14(4-11)31(13)21(33)19-26-10-27-30-19/h5,7-11,13-14H,1-4,23H2,(H,26,27,30)/t11-,13-,14+. The maximum atomic E-state index is 12.9. The zero-order chi connectivity index (χ0) is 22.5. The van der Waals surface area contributed by atoms with E-state index in [1.165, 1.54) is 6.33 Å². The van der Waals surface area contributed by atoms with Gasteiger partial charge in [-0.1, -0.05) is 0 Å². The third-order valence-corrected chi connectivity index (χ3v) is 6.59. The topological polar surface area (TPSA) is 168 Å². The number of piperidine rings is 1. The molecule has 0 radical (unpaired) electrons. The number of nitrogens with zero attached hydrogens (tertiary/aromatic N) is 9. The number of amides is 1. The van der Waals surface area contributed by atoms with Gasteiger partial charge in [0.1, 0.15) is 18.2 Å². The maximum Gasteiger partial charge on any atom is 0.292 e. The fraction of sp³-hybridized carbons (Fsp3) is 0.333. The highest BCUT2D eigenvalue weighted by Crippen LogP contribution is 2.43. The molecule has 3 N–H and O–H groups in total. The second-order valence-electron chi connectivity index (χ2n) is 8.41. The van der Waals surface area contributed by atoms with Crippen LogP contribution in [-0.4, -0.2) is 62.6 Å². The number of carbonyl (C=O) groups excluding carboxylic acids is 1. The molecule has 4 aromatic heterocycles. The minimum Gasteiger partial charge on any atom is -0.384 e. The molecule has 2 saturated heterocycles. The molecule has 0 saturated carbocycles. The number of H-pyrrole nitrogens is 1. The van der Waals surface area contributed by atoms with Gasteiger partial charge in [-0.15, -0.1) is 10.2 Å². The first-order chi connectivity index (χ1) is 16.1. The van der Waals surface area contributed by atoms with Crippen molar-refractivity contribution in [1.29, 1.82) is 5.26 Å². The van der Waals surface area contributed by atoms with E-state index in [1.54, 1.807) is 23.1 Å². The highest BCUT2D eigenvalue weighted by molar-refractivity contribution is 5.91. The van der Waals surface area contributed by atoms with Gasteiger partial charge in [-0.05, 0) is 25.7 Å². The number of fused-ring (bicyclic) bond motifs is 3. The molecule has 3 atom stereocenters. The maximum absolute atomic E-state index is 12.9. The van der Waals surface area contributed by atoms with Gasteiger partial charge in [0, 0.05) is 53.3 Å². The Balaban J connectivity index is 1.32. The summed E-state index contributed by atoms with van der Waals surface area (Å²) >= 11 is 0. The van der Waals surface area contributed by atoms with Crippen molar-refractivity contribution in [2.75, 3.05) is 5.73 Å².